The van der Waals surface area contributed by atoms with Crippen LogP contribution in [0.4, 0.5) is 4.39 Å². The van der Waals surface area contributed by atoms with Crippen molar-refractivity contribution in [1.82, 2.24) is 5.32 Å². The third-order valence-electron chi connectivity index (χ3n) is 2.72. The maximum absolute atomic E-state index is 12.7. The van der Waals surface area contributed by atoms with Gasteiger partial charge in [-0.15, -0.1) is 0 Å². The number of alkyl halides is 1. The van der Waals surface area contributed by atoms with E-state index in [1.54, 1.807) is 34.9 Å². The van der Waals surface area contributed by atoms with Gasteiger partial charge in [-0.05, 0) is 20.8 Å². The average molecular weight is 335 g/mol. The molecule has 0 aliphatic heterocycles. The summed E-state index contributed by atoms with van der Waals surface area (Å²) in [6.07, 6.45) is -0.322. The predicted octanol–water partition coefficient (Wildman–Crippen LogP) is 0.770. The van der Waals surface area contributed by atoms with E-state index in [-0.39, 0.29) is 24.1 Å². The van der Waals surface area contributed by atoms with E-state index in [0.717, 1.165) is 0 Å². The molecular weight excluding hydrogens is 307 g/mol. The Bertz CT molecular complexity index is 432. The molecule has 0 saturated carbocycles. The Kier molecular flexibility index (Phi) is 8.16. The van der Waals surface area contributed by atoms with Gasteiger partial charge in [0.1, 0.15) is 24.8 Å². The van der Waals surface area contributed by atoms with E-state index in [1.807, 2.05) is 0 Å². The molecule has 0 aromatic rings. The fourth-order valence-electron chi connectivity index (χ4n) is 1.54. The molecule has 0 spiro atoms. The van der Waals surface area contributed by atoms with Gasteiger partial charge in [0, 0.05) is 6.92 Å². The van der Waals surface area contributed by atoms with Crippen LogP contribution >= 0.6 is 0 Å². The van der Waals surface area contributed by atoms with E-state index >= 15 is 0 Å². The zero-order valence-electron chi connectivity index (χ0n) is 14.8. The number of quaternary nitrogens is 1. The minimum absolute atomic E-state index is 0.0137. The lowest BCUT2D eigenvalue weighted by atomic mass is 10.1. The maximum Gasteiger partial charge on any atom is 0.329 e. The number of carbonyl (C=O) groups excluding carboxylic acids is 3. The van der Waals surface area contributed by atoms with Crippen LogP contribution in [0.15, 0.2) is 0 Å². The quantitative estimate of drug-likeness (QED) is 0.402. The number of rotatable bonds is 8. The first-order chi connectivity index (χ1) is 10.4. The van der Waals surface area contributed by atoms with Crippen molar-refractivity contribution < 1.29 is 32.7 Å². The minimum atomic E-state index is -1.12. The molecule has 1 unspecified atom stereocenters. The fourth-order valence-corrected chi connectivity index (χ4v) is 1.54. The van der Waals surface area contributed by atoms with Gasteiger partial charge < -0.3 is 14.8 Å². The van der Waals surface area contributed by atoms with E-state index in [1.165, 1.54) is 6.92 Å². The van der Waals surface area contributed by atoms with E-state index < -0.39 is 36.3 Å². The van der Waals surface area contributed by atoms with E-state index in [2.05, 4.69) is 5.32 Å². The Hall–Kier alpha value is -1.70. The Labute approximate surface area is 136 Å². The van der Waals surface area contributed by atoms with Crippen LogP contribution in [0.25, 0.3) is 0 Å². The maximum atomic E-state index is 12.7. The summed E-state index contributed by atoms with van der Waals surface area (Å²) in [7, 11) is 3.31. The number of carbonyl (C=O) groups is 3. The van der Waals surface area contributed by atoms with Gasteiger partial charge in [-0.25, -0.2) is 4.79 Å². The Morgan fingerprint density at radius 3 is 2.22 bits per heavy atom. The van der Waals surface area contributed by atoms with Gasteiger partial charge in [0.15, 0.2) is 0 Å². The summed E-state index contributed by atoms with van der Waals surface area (Å²) in [5, 5.41) is 2.36. The topological polar surface area (TPSA) is 81.7 Å². The Morgan fingerprint density at radius 2 is 1.78 bits per heavy atom. The molecule has 0 heterocycles. The molecule has 1 atom stereocenters. The molecule has 0 aromatic heterocycles. The summed E-state index contributed by atoms with van der Waals surface area (Å²) in [5.41, 5.74) is -0.690. The van der Waals surface area contributed by atoms with Crippen molar-refractivity contribution in [3.05, 3.63) is 0 Å². The highest BCUT2D eigenvalue weighted by molar-refractivity contribution is 5.87. The van der Waals surface area contributed by atoms with E-state index in [0.29, 0.717) is 0 Å². The van der Waals surface area contributed by atoms with Crippen molar-refractivity contribution in [3.8, 4) is 0 Å². The van der Waals surface area contributed by atoms with Crippen molar-refractivity contribution in [3.63, 3.8) is 0 Å². The molecule has 0 aromatic carbocycles. The summed E-state index contributed by atoms with van der Waals surface area (Å²) in [6, 6.07) is -1.12. The molecule has 23 heavy (non-hydrogen) atoms. The van der Waals surface area contributed by atoms with Crippen LogP contribution in [-0.2, 0) is 23.9 Å². The molecule has 0 fully saturated rings. The molecule has 0 rings (SSSR count). The standard InChI is InChI=1S/C15H27FN2O5/c1-11(19)17-12(9-13(20)23-15(2,3)4)14(21)22-8-7-18(5,6)10-16/h12H,7-10H2,1-6H3/p+1. The first kappa shape index (κ1) is 21.3. The van der Waals surface area contributed by atoms with Gasteiger partial charge in [-0.2, -0.15) is 4.39 Å². The lowest BCUT2D eigenvalue weighted by molar-refractivity contribution is -0.902. The molecule has 0 aliphatic carbocycles. The first-order valence-electron chi connectivity index (χ1n) is 7.40. The lowest BCUT2D eigenvalue weighted by Crippen LogP contribution is -2.45. The first-order valence-corrected chi connectivity index (χ1v) is 7.40. The molecule has 0 saturated heterocycles. The number of hydrogen-bond acceptors (Lipinski definition) is 5. The molecule has 1 N–H and O–H groups in total. The molecule has 0 radical (unpaired) electrons. The predicted molar refractivity (Wildman–Crippen MR) is 82.0 cm³/mol. The second-order valence-electron chi connectivity index (χ2n) is 6.99. The molecule has 0 aliphatic rings. The highest BCUT2D eigenvalue weighted by Crippen LogP contribution is 2.10. The van der Waals surface area contributed by atoms with Crippen LogP contribution in [0, 0.1) is 0 Å². The Balaban J connectivity index is 4.61. The van der Waals surface area contributed by atoms with E-state index in [9.17, 15) is 18.8 Å². The third kappa shape index (κ3) is 10.6. The highest BCUT2D eigenvalue weighted by atomic mass is 19.1. The van der Waals surface area contributed by atoms with Crippen LogP contribution in [0.3, 0.4) is 0 Å². The minimum Gasteiger partial charge on any atom is -0.460 e. The second-order valence-corrected chi connectivity index (χ2v) is 6.99. The van der Waals surface area contributed by atoms with Crippen LogP contribution in [0.5, 0.6) is 0 Å². The van der Waals surface area contributed by atoms with Gasteiger partial charge in [0.2, 0.25) is 12.7 Å². The number of nitrogens with one attached hydrogen (secondary N) is 1. The zero-order chi connectivity index (χ0) is 18.3. The van der Waals surface area contributed by atoms with Crippen LogP contribution in [-0.4, -0.2) is 68.0 Å². The number of likely N-dealkylation sites (N-methyl/N-ethyl adjacent to an activating group) is 1. The number of esters is 2. The smallest absolute Gasteiger partial charge is 0.329 e. The summed E-state index contributed by atoms with van der Waals surface area (Å²) >= 11 is 0. The molecule has 134 valence electrons. The van der Waals surface area contributed by atoms with Crippen molar-refractivity contribution in [2.24, 2.45) is 0 Å². The molecular formula is C15H28FN2O5+. The van der Waals surface area contributed by atoms with Crippen molar-refractivity contribution >= 4 is 17.8 Å². The molecule has 1 amide bonds. The monoisotopic (exact) mass is 335 g/mol. The van der Waals surface area contributed by atoms with Gasteiger partial charge >= 0.3 is 11.9 Å². The summed E-state index contributed by atoms with van der Waals surface area (Å²) < 4.78 is 22.9. The lowest BCUT2D eigenvalue weighted by Gasteiger charge is -2.26. The van der Waals surface area contributed by atoms with Gasteiger partial charge in [-0.3, -0.25) is 14.1 Å². The van der Waals surface area contributed by atoms with Crippen LogP contribution in [0.2, 0.25) is 0 Å². The summed E-state index contributed by atoms with van der Waals surface area (Å²) in [4.78, 5) is 35.0. The molecule has 0 bridgehead atoms. The largest absolute Gasteiger partial charge is 0.460 e. The summed E-state index contributed by atoms with van der Waals surface area (Å²) in [6.45, 7) is 6.01. The van der Waals surface area contributed by atoms with Crippen molar-refractivity contribution in [1.29, 1.82) is 0 Å². The van der Waals surface area contributed by atoms with E-state index in [4.69, 9.17) is 9.47 Å². The molecule has 7 nitrogen and oxygen atoms in total. The average Bonchev–Trinajstić information content (AvgIpc) is 2.34. The molecule has 8 heteroatoms. The normalized spacial score (nSPS) is 13.2. The number of hydrogen-bond donors (Lipinski definition) is 1. The van der Waals surface area contributed by atoms with Gasteiger partial charge in [0.25, 0.3) is 0 Å². The summed E-state index contributed by atoms with van der Waals surface area (Å²) in [5.74, 6) is -1.83. The van der Waals surface area contributed by atoms with Crippen LogP contribution in [0.1, 0.15) is 34.1 Å². The van der Waals surface area contributed by atoms with Gasteiger partial charge in [0.05, 0.1) is 20.5 Å². The fraction of sp³-hybridized carbons (Fsp3) is 0.800. The van der Waals surface area contributed by atoms with Crippen molar-refractivity contribution in [2.45, 2.75) is 45.8 Å². The highest BCUT2D eigenvalue weighted by Gasteiger charge is 2.28. The third-order valence-corrected chi connectivity index (χ3v) is 2.72. The van der Waals surface area contributed by atoms with Crippen LogP contribution < -0.4 is 5.32 Å². The number of halogens is 1. The van der Waals surface area contributed by atoms with Crippen molar-refractivity contribution in [2.75, 3.05) is 34.0 Å². The Morgan fingerprint density at radius 1 is 1.22 bits per heavy atom. The zero-order valence-corrected chi connectivity index (χ0v) is 14.8. The van der Waals surface area contributed by atoms with Gasteiger partial charge in [-0.1, -0.05) is 0 Å². The number of ether oxygens (including phenoxy) is 2. The second kappa shape index (κ2) is 8.81. The SMILES string of the molecule is CC(=O)NC(CC(=O)OC(C)(C)C)C(=O)OCC[N+](C)(C)CF. The number of nitrogens with zero attached hydrogens (tertiary/aromatic N) is 1. The number of amides is 1.